The van der Waals surface area contributed by atoms with Crippen molar-refractivity contribution in [1.29, 1.82) is 0 Å². The van der Waals surface area contributed by atoms with Gasteiger partial charge in [-0.25, -0.2) is 0 Å². The van der Waals surface area contributed by atoms with E-state index < -0.39 is 0 Å². The molecule has 23 heavy (non-hydrogen) atoms. The van der Waals surface area contributed by atoms with Crippen LogP contribution in [0.2, 0.25) is 0 Å². The van der Waals surface area contributed by atoms with Crippen molar-refractivity contribution in [2.24, 2.45) is 17.8 Å². The van der Waals surface area contributed by atoms with Gasteiger partial charge in [0, 0.05) is 12.3 Å². The summed E-state index contributed by atoms with van der Waals surface area (Å²) >= 11 is 0. The summed E-state index contributed by atoms with van der Waals surface area (Å²) in [7, 11) is 0. The molecule has 1 fully saturated rings. The molecule has 1 aliphatic rings. The van der Waals surface area contributed by atoms with E-state index in [1.807, 2.05) is 0 Å². The lowest BCUT2D eigenvalue weighted by Crippen LogP contribution is -2.19. The highest BCUT2D eigenvalue weighted by Crippen LogP contribution is 2.30. The smallest absolute Gasteiger partial charge is 0.305 e. The summed E-state index contributed by atoms with van der Waals surface area (Å²) in [5, 5.41) is 0. The molecule has 0 N–H and O–H groups in total. The quantitative estimate of drug-likeness (QED) is 0.277. The fraction of sp³-hybridized carbons (Fsp3) is 0.900. The molecule has 0 amide bonds. The molecule has 3 unspecified atom stereocenters. The van der Waals surface area contributed by atoms with Gasteiger partial charge in [0.15, 0.2) is 0 Å². The molecule has 3 atom stereocenters. The number of unbranched alkanes of at least 4 members (excludes halogenated alkanes) is 2. The zero-order valence-electron chi connectivity index (χ0n) is 15.2. The maximum absolute atomic E-state index is 12.0. The fourth-order valence-electron chi connectivity index (χ4n) is 3.73. The molecule has 0 aromatic carbocycles. The molecule has 0 aromatic rings. The Balaban J connectivity index is 2.19. The van der Waals surface area contributed by atoms with Crippen molar-refractivity contribution < 1.29 is 14.3 Å². The molecule has 0 bridgehead atoms. The van der Waals surface area contributed by atoms with Crippen molar-refractivity contribution in [1.82, 2.24) is 0 Å². The Morgan fingerprint density at radius 2 is 2.00 bits per heavy atom. The molecule has 3 heteroatoms. The maximum Gasteiger partial charge on any atom is 0.305 e. The summed E-state index contributed by atoms with van der Waals surface area (Å²) in [5.74, 6) is 1.24. The zero-order valence-corrected chi connectivity index (χ0v) is 15.2. The highest BCUT2D eigenvalue weighted by molar-refractivity contribution is 5.69. The van der Waals surface area contributed by atoms with Crippen LogP contribution in [-0.2, 0) is 14.3 Å². The molecule has 3 nitrogen and oxygen atoms in total. The molecule has 1 rings (SSSR count). The Bertz CT molecular complexity index is 327. The van der Waals surface area contributed by atoms with Crippen LogP contribution in [0.15, 0.2) is 0 Å². The van der Waals surface area contributed by atoms with Gasteiger partial charge in [0.25, 0.3) is 0 Å². The molecule has 0 radical (unpaired) electrons. The standard InChI is InChI=1S/C20H36O3/c1-3-5-6-9-18(8-4-2)16-23-20(22)13-12-17-10-7-11-19(14-17)15-21/h15,17-19H,3-14,16H2,1-2H3. The number of aldehydes is 1. The molecule has 0 saturated heterocycles. The predicted octanol–water partition coefficient (Wildman–Crippen LogP) is 5.31. The second-order valence-corrected chi connectivity index (χ2v) is 7.30. The zero-order chi connectivity index (χ0) is 16.9. The van der Waals surface area contributed by atoms with Gasteiger partial charge >= 0.3 is 5.97 Å². The molecule has 0 aliphatic heterocycles. The van der Waals surface area contributed by atoms with Crippen molar-refractivity contribution in [3.05, 3.63) is 0 Å². The topological polar surface area (TPSA) is 43.4 Å². The summed E-state index contributed by atoms with van der Waals surface area (Å²) in [4.78, 5) is 22.9. The first kappa shape index (κ1) is 20.2. The van der Waals surface area contributed by atoms with Gasteiger partial charge in [-0.05, 0) is 43.9 Å². The van der Waals surface area contributed by atoms with Crippen molar-refractivity contribution in [2.45, 2.75) is 90.9 Å². The minimum atomic E-state index is -0.0465. The number of esters is 1. The van der Waals surface area contributed by atoms with E-state index in [4.69, 9.17) is 4.74 Å². The Morgan fingerprint density at radius 3 is 2.70 bits per heavy atom. The van der Waals surface area contributed by atoms with E-state index in [9.17, 15) is 9.59 Å². The molecular formula is C20H36O3. The van der Waals surface area contributed by atoms with Gasteiger partial charge in [0.1, 0.15) is 6.29 Å². The lowest BCUT2D eigenvalue weighted by molar-refractivity contribution is -0.145. The van der Waals surface area contributed by atoms with Crippen molar-refractivity contribution in [3.8, 4) is 0 Å². The Kier molecular flexibility index (Phi) is 11.0. The minimum Gasteiger partial charge on any atom is -0.465 e. The Morgan fingerprint density at radius 1 is 1.17 bits per heavy atom. The van der Waals surface area contributed by atoms with Gasteiger partial charge < -0.3 is 9.53 Å². The second-order valence-electron chi connectivity index (χ2n) is 7.30. The number of hydrogen-bond acceptors (Lipinski definition) is 3. The third-order valence-corrected chi connectivity index (χ3v) is 5.17. The first-order valence-corrected chi connectivity index (χ1v) is 9.80. The monoisotopic (exact) mass is 324 g/mol. The fourth-order valence-corrected chi connectivity index (χ4v) is 3.73. The van der Waals surface area contributed by atoms with Crippen molar-refractivity contribution in [2.75, 3.05) is 6.61 Å². The molecule has 1 saturated carbocycles. The van der Waals surface area contributed by atoms with Gasteiger partial charge in [-0.1, -0.05) is 52.4 Å². The average Bonchev–Trinajstić information content (AvgIpc) is 2.58. The van der Waals surface area contributed by atoms with Crippen LogP contribution in [-0.4, -0.2) is 18.9 Å². The van der Waals surface area contributed by atoms with E-state index in [0.29, 0.717) is 24.9 Å². The molecule has 1 aliphatic carbocycles. The van der Waals surface area contributed by atoms with Gasteiger partial charge in [0.05, 0.1) is 6.61 Å². The van der Waals surface area contributed by atoms with E-state index in [1.54, 1.807) is 0 Å². The van der Waals surface area contributed by atoms with Crippen LogP contribution >= 0.6 is 0 Å². The average molecular weight is 325 g/mol. The summed E-state index contributed by atoms with van der Waals surface area (Å²) in [6.45, 7) is 5.01. The summed E-state index contributed by atoms with van der Waals surface area (Å²) in [6, 6.07) is 0. The third kappa shape index (κ3) is 9.12. The van der Waals surface area contributed by atoms with E-state index in [-0.39, 0.29) is 11.9 Å². The number of carbonyl (C=O) groups is 2. The molecular weight excluding hydrogens is 288 g/mol. The Labute approximate surface area is 142 Å². The lowest BCUT2D eigenvalue weighted by Gasteiger charge is -2.25. The van der Waals surface area contributed by atoms with E-state index in [2.05, 4.69) is 13.8 Å². The summed E-state index contributed by atoms with van der Waals surface area (Å²) < 4.78 is 5.52. The highest BCUT2D eigenvalue weighted by atomic mass is 16.5. The van der Waals surface area contributed by atoms with Gasteiger partial charge in [-0.2, -0.15) is 0 Å². The van der Waals surface area contributed by atoms with E-state index in [0.717, 1.165) is 51.2 Å². The third-order valence-electron chi connectivity index (χ3n) is 5.17. The highest BCUT2D eigenvalue weighted by Gasteiger charge is 2.22. The lowest BCUT2D eigenvalue weighted by atomic mass is 9.80. The first-order valence-electron chi connectivity index (χ1n) is 9.80. The second kappa shape index (κ2) is 12.5. The van der Waals surface area contributed by atoms with Gasteiger partial charge in [-0.3, -0.25) is 4.79 Å². The van der Waals surface area contributed by atoms with Crippen LogP contribution < -0.4 is 0 Å². The number of carbonyl (C=O) groups excluding carboxylic acids is 2. The normalized spacial score (nSPS) is 22.5. The van der Waals surface area contributed by atoms with E-state index >= 15 is 0 Å². The molecule has 134 valence electrons. The van der Waals surface area contributed by atoms with Gasteiger partial charge in [0.2, 0.25) is 0 Å². The van der Waals surface area contributed by atoms with Crippen LogP contribution in [0.1, 0.15) is 90.9 Å². The molecule has 0 aromatic heterocycles. The SMILES string of the molecule is CCCCCC(CCC)COC(=O)CCC1CCCC(C=O)C1. The first-order chi connectivity index (χ1) is 11.2. The number of rotatable bonds is 12. The largest absolute Gasteiger partial charge is 0.465 e. The number of ether oxygens (including phenoxy) is 1. The van der Waals surface area contributed by atoms with E-state index in [1.165, 1.54) is 25.7 Å². The van der Waals surface area contributed by atoms with Crippen LogP contribution in [0, 0.1) is 17.8 Å². The van der Waals surface area contributed by atoms with Crippen molar-refractivity contribution >= 4 is 12.3 Å². The van der Waals surface area contributed by atoms with Crippen LogP contribution in [0.5, 0.6) is 0 Å². The van der Waals surface area contributed by atoms with Crippen molar-refractivity contribution in [3.63, 3.8) is 0 Å². The van der Waals surface area contributed by atoms with Crippen LogP contribution in [0.4, 0.5) is 0 Å². The Hall–Kier alpha value is -0.860. The molecule has 0 spiro atoms. The van der Waals surface area contributed by atoms with Crippen LogP contribution in [0.3, 0.4) is 0 Å². The summed E-state index contributed by atoms with van der Waals surface area (Å²) in [6.07, 6.45) is 14.0. The minimum absolute atomic E-state index is 0.0465. The van der Waals surface area contributed by atoms with Crippen LogP contribution in [0.25, 0.3) is 0 Å². The van der Waals surface area contributed by atoms with Gasteiger partial charge in [-0.15, -0.1) is 0 Å². The molecule has 0 heterocycles. The number of hydrogen-bond donors (Lipinski definition) is 0. The summed E-state index contributed by atoms with van der Waals surface area (Å²) in [5.41, 5.74) is 0. The predicted molar refractivity (Wildman–Crippen MR) is 94.2 cm³/mol. The maximum atomic E-state index is 12.0.